The van der Waals surface area contributed by atoms with E-state index in [4.69, 9.17) is 14.2 Å². The molecule has 2 aromatic rings. The highest BCUT2D eigenvalue weighted by atomic mass is 16.5. The Balaban J connectivity index is 1.67. The highest BCUT2D eigenvalue weighted by molar-refractivity contribution is 6.15. The van der Waals surface area contributed by atoms with Crippen LogP contribution >= 0.6 is 0 Å². The lowest BCUT2D eigenvalue weighted by Crippen LogP contribution is -3.12. The van der Waals surface area contributed by atoms with Crippen molar-refractivity contribution in [2.45, 2.75) is 26.3 Å². The molecule has 6 heteroatoms. The van der Waals surface area contributed by atoms with E-state index in [1.165, 1.54) is 17.4 Å². The van der Waals surface area contributed by atoms with Crippen LogP contribution in [0.2, 0.25) is 0 Å². The minimum Gasteiger partial charge on any atom is -0.872 e. The number of carbonyl (C=O) groups excluding carboxylic acids is 1. The van der Waals surface area contributed by atoms with Gasteiger partial charge in [0.2, 0.25) is 5.78 Å². The van der Waals surface area contributed by atoms with E-state index >= 15 is 0 Å². The third-order valence-electron chi connectivity index (χ3n) is 5.91. The summed E-state index contributed by atoms with van der Waals surface area (Å²) in [6, 6.07) is 8.40. The van der Waals surface area contributed by atoms with Gasteiger partial charge < -0.3 is 24.2 Å². The zero-order valence-corrected chi connectivity index (χ0v) is 17.6. The molecule has 1 saturated heterocycles. The molecule has 2 aromatic carbocycles. The summed E-state index contributed by atoms with van der Waals surface area (Å²) in [5.74, 6) is 2.18. The molecule has 0 aromatic heterocycles. The zero-order valence-electron chi connectivity index (χ0n) is 17.6. The van der Waals surface area contributed by atoms with Crippen molar-refractivity contribution >= 4 is 11.9 Å². The molecule has 2 heterocycles. The lowest BCUT2D eigenvalue weighted by molar-refractivity contribution is -0.922. The van der Waals surface area contributed by atoms with Gasteiger partial charge in [-0.3, -0.25) is 4.79 Å². The number of quaternary nitrogens is 1. The van der Waals surface area contributed by atoms with Crippen molar-refractivity contribution in [2.24, 2.45) is 5.92 Å². The minimum atomic E-state index is -0.224. The molecule has 158 valence electrons. The Kier molecular flexibility index (Phi) is 5.68. The lowest BCUT2D eigenvalue weighted by atomic mass is 9.99. The van der Waals surface area contributed by atoms with Crippen LogP contribution in [0.4, 0.5) is 0 Å². The number of nitrogens with one attached hydrogen (secondary N) is 1. The molecule has 0 amide bonds. The van der Waals surface area contributed by atoms with Crippen molar-refractivity contribution < 1.29 is 29.0 Å². The molecular weight excluding hydrogens is 382 g/mol. The fourth-order valence-corrected chi connectivity index (χ4v) is 4.36. The summed E-state index contributed by atoms with van der Waals surface area (Å²) in [5.41, 5.74) is 1.71. The van der Waals surface area contributed by atoms with Gasteiger partial charge in [-0.05, 0) is 43.2 Å². The summed E-state index contributed by atoms with van der Waals surface area (Å²) in [6.45, 7) is 4.89. The van der Waals surface area contributed by atoms with Gasteiger partial charge in [0.15, 0.2) is 5.76 Å². The lowest BCUT2D eigenvalue weighted by Gasteiger charge is -2.29. The van der Waals surface area contributed by atoms with Crippen molar-refractivity contribution in [2.75, 3.05) is 27.3 Å². The second-order valence-electron chi connectivity index (χ2n) is 8.09. The van der Waals surface area contributed by atoms with Gasteiger partial charge in [0, 0.05) is 17.0 Å². The van der Waals surface area contributed by atoms with E-state index in [1.54, 1.807) is 44.6 Å². The summed E-state index contributed by atoms with van der Waals surface area (Å²) >= 11 is 0. The van der Waals surface area contributed by atoms with Crippen molar-refractivity contribution in [3.8, 4) is 23.0 Å². The van der Waals surface area contributed by atoms with E-state index < -0.39 is 0 Å². The standard InChI is InChI=1S/C24H27NO5/c1-15-5-4-10-25(13-15)14-19-20(26)8-7-18-23(27)22(30-24(18)19)12-16-11-17(28-2)6-9-21(16)29-3/h6-9,11-12,15,26H,4-5,10,13-14H2,1-3H3. The first-order valence-corrected chi connectivity index (χ1v) is 10.3. The molecule has 1 N–H and O–H groups in total. The molecule has 2 unspecified atom stereocenters. The monoisotopic (exact) mass is 409 g/mol. The maximum Gasteiger partial charge on any atom is 0.231 e. The van der Waals surface area contributed by atoms with Gasteiger partial charge in [0.05, 0.1) is 32.9 Å². The van der Waals surface area contributed by atoms with Crippen LogP contribution in [0.25, 0.3) is 6.08 Å². The molecule has 2 atom stereocenters. The summed E-state index contributed by atoms with van der Waals surface area (Å²) in [5, 5.41) is 12.6. The van der Waals surface area contributed by atoms with Crippen LogP contribution < -0.4 is 24.2 Å². The van der Waals surface area contributed by atoms with Crippen molar-refractivity contribution in [3.63, 3.8) is 0 Å². The molecule has 0 saturated carbocycles. The number of hydrogen-bond acceptors (Lipinski definition) is 5. The van der Waals surface area contributed by atoms with E-state index in [0.29, 0.717) is 46.4 Å². The number of fused-ring (bicyclic) bond motifs is 1. The van der Waals surface area contributed by atoms with Crippen molar-refractivity contribution in [1.29, 1.82) is 0 Å². The molecule has 6 nitrogen and oxygen atoms in total. The Morgan fingerprint density at radius 3 is 2.80 bits per heavy atom. The predicted molar refractivity (Wildman–Crippen MR) is 111 cm³/mol. The number of likely N-dealkylation sites (tertiary alicyclic amines) is 1. The minimum absolute atomic E-state index is 0.0764. The molecule has 0 aliphatic carbocycles. The smallest absolute Gasteiger partial charge is 0.231 e. The highest BCUT2D eigenvalue weighted by Gasteiger charge is 2.32. The molecule has 0 radical (unpaired) electrons. The number of rotatable bonds is 5. The van der Waals surface area contributed by atoms with Crippen LogP contribution in [-0.2, 0) is 6.54 Å². The van der Waals surface area contributed by atoms with Crippen LogP contribution in [0.15, 0.2) is 36.1 Å². The van der Waals surface area contributed by atoms with Gasteiger partial charge in [0.25, 0.3) is 0 Å². The van der Waals surface area contributed by atoms with E-state index in [9.17, 15) is 9.90 Å². The Morgan fingerprint density at radius 1 is 1.23 bits per heavy atom. The first-order valence-electron chi connectivity index (χ1n) is 10.3. The fourth-order valence-electron chi connectivity index (χ4n) is 4.36. The van der Waals surface area contributed by atoms with Crippen LogP contribution in [-0.4, -0.2) is 33.1 Å². The van der Waals surface area contributed by atoms with Crippen LogP contribution in [0.5, 0.6) is 23.0 Å². The molecule has 4 rings (SSSR count). The Labute approximate surface area is 176 Å². The molecule has 0 bridgehead atoms. The number of hydrogen-bond donors (Lipinski definition) is 1. The summed E-state index contributed by atoms with van der Waals surface area (Å²) in [4.78, 5) is 14.4. The molecule has 30 heavy (non-hydrogen) atoms. The average molecular weight is 409 g/mol. The summed E-state index contributed by atoms with van der Waals surface area (Å²) in [7, 11) is 3.15. The number of carbonyl (C=O) groups is 1. The largest absolute Gasteiger partial charge is 0.872 e. The molecular formula is C24H27NO5. The highest BCUT2D eigenvalue weighted by Crippen LogP contribution is 2.39. The number of benzene rings is 2. The van der Waals surface area contributed by atoms with E-state index in [1.807, 2.05) is 0 Å². The maximum atomic E-state index is 13.0. The van der Waals surface area contributed by atoms with Crippen molar-refractivity contribution in [1.82, 2.24) is 0 Å². The van der Waals surface area contributed by atoms with Gasteiger partial charge in [-0.15, -0.1) is 0 Å². The molecule has 1 fully saturated rings. The first kappa shape index (κ1) is 20.3. The zero-order chi connectivity index (χ0) is 21.3. The van der Waals surface area contributed by atoms with Crippen LogP contribution in [0.3, 0.4) is 0 Å². The number of Topliss-reactive ketones (excluding diaryl/α,β-unsaturated/α-hetero) is 1. The molecule has 2 aliphatic heterocycles. The number of allylic oxidation sites excluding steroid dienone is 1. The van der Waals surface area contributed by atoms with E-state index in [0.717, 1.165) is 19.5 Å². The average Bonchev–Trinajstić information content (AvgIpc) is 3.06. The van der Waals surface area contributed by atoms with Crippen LogP contribution in [0.1, 0.15) is 41.3 Å². The Bertz CT molecular complexity index is 997. The Morgan fingerprint density at radius 2 is 2.07 bits per heavy atom. The Hall–Kier alpha value is -2.99. The summed E-state index contributed by atoms with van der Waals surface area (Å²) in [6.07, 6.45) is 4.03. The molecule has 2 aliphatic rings. The van der Waals surface area contributed by atoms with Gasteiger partial charge >= 0.3 is 0 Å². The topological polar surface area (TPSA) is 72.3 Å². The SMILES string of the molecule is COc1ccc(OC)c(C=C2Oc3c(ccc([O-])c3C[NH+]3CCCC(C)C3)C2=O)c1. The maximum absolute atomic E-state index is 13.0. The number of ketones is 1. The number of methoxy groups -OCH3 is 2. The predicted octanol–water partition coefficient (Wildman–Crippen LogP) is 2.21. The summed E-state index contributed by atoms with van der Waals surface area (Å²) < 4.78 is 16.7. The van der Waals surface area contributed by atoms with Gasteiger partial charge in [-0.25, -0.2) is 0 Å². The van der Waals surface area contributed by atoms with E-state index in [2.05, 4.69) is 6.92 Å². The second kappa shape index (κ2) is 8.40. The van der Waals surface area contributed by atoms with Crippen LogP contribution in [0, 0.1) is 5.92 Å². The third-order valence-corrected chi connectivity index (χ3v) is 5.91. The molecule has 0 spiro atoms. The van der Waals surface area contributed by atoms with Gasteiger partial charge in [-0.2, -0.15) is 0 Å². The van der Waals surface area contributed by atoms with Gasteiger partial charge in [-0.1, -0.05) is 18.7 Å². The second-order valence-corrected chi connectivity index (χ2v) is 8.09. The van der Waals surface area contributed by atoms with Crippen molar-refractivity contribution in [3.05, 3.63) is 52.8 Å². The van der Waals surface area contributed by atoms with E-state index in [-0.39, 0.29) is 17.3 Å². The van der Waals surface area contributed by atoms with Gasteiger partial charge in [0.1, 0.15) is 23.8 Å². The third kappa shape index (κ3) is 3.87. The number of piperidine rings is 1. The quantitative estimate of drug-likeness (QED) is 0.767. The fraction of sp³-hybridized carbons (Fsp3) is 0.375. The number of ether oxygens (including phenoxy) is 3. The normalized spacial score (nSPS) is 22.0. The first-order chi connectivity index (χ1) is 14.5.